The highest BCUT2D eigenvalue weighted by Crippen LogP contribution is 2.16. The molecule has 1 unspecified atom stereocenters. The molecular weight excluding hydrogens is 210 g/mol. The van der Waals surface area contributed by atoms with Crippen LogP contribution in [0.1, 0.15) is 25.5 Å². The highest BCUT2D eigenvalue weighted by atomic mass is 35.5. The van der Waals surface area contributed by atoms with Gasteiger partial charge in [0.25, 0.3) is 0 Å². The Bertz CT molecular complexity index is 284. The van der Waals surface area contributed by atoms with Crippen LogP contribution in [0.15, 0.2) is 24.3 Å². The summed E-state index contributed by atoms with van der Waals surface area (Å²) in [5.74, 6) is 0. The van der Waals surface area contributed by atoms with Gasteiger partial charge in [-0.3, -0.25) is 0 Å². The third-order valence-electron chi connectivity index (χ3n) is 2.22. The maximum Gasteiger partial charge on any atom is 0.0664 e. The molecule has 1 atom stereocenters. The average Bonchev–Trinajstić information content (AvgIpc) is 2.21. The molecular formula is C12H18ClNO. The fraction of sp³-hybridized carbons (Fsp3) is 0.500. The first-order chi connectivity index (χ1) is 7.13. The summed E-state index contributed by atoms with van der Waals surface area (Å²) in [6.45, 7) is 4.75. The highest BCUT2D eigenvalue weighted by Gasteiger charge is 2.09. The van der Waals surface area contributed by atoms with E-state index in [1.54, 1.807) is 0 Å². The van der Waals surface area contributed by atoms with Gasteiger partial charge in [0.2, 0.25) is 0 Å². The molecule has 0 radical (unpaired) electrons. The zero-order chi connectivity index (χ0) is 11.3. The lowest BCUT2D eigenvalue weighted by Gasteiger charge is -2.18. The quantitative estimate of drug-likeness (QED) is 0.835. The number of hydrogen-bond acceptors (Lipinski definition) is 2. The summed E-state index contributed by atoms with van der Waals surface area (Å²) in [5, 5.41) is 3.99. The van der Waals surface area contributed by atoms with Crippen LogP contribution in [-0.2, 0) is 4.74 Å². The zero-order valence-electron chi connectivity index (χ0n) is 9.46. The summed E-state index contributed by atoms with van der Waals surface area (Å²) in [4.78, 5) is 0. The minimum absolute atomic E-state index is 0.227. The fourth-order valence-corrected chi connectivity index (χ4v) is 1.46. The van der Waals surface area contributed by atoms with E-state index >= 15 is 0 Å². The van der Waals surface area contributed by atoms with Gasteiger partial charge in [0.05, 0.1) is 18.8 Å². The molecule has 3 heteroatoms. The fourth-order valence-electron chi connectivity index (χ4n) is 1.33. The number of ether oxygens (including phenoxy) is 1. The number of hydrogen-bond donors (Lipinski definition) is 1. The van der Waals surface area contributed by atoms with Crippen molar-refractivity contribution in [3.63, 3.8) is 0 Å². The second-order valence-corrected chi connectivity index (χ2v) is 4.21. The second-order valence-electron chi connectivity index (χ2n) is 3.77. The van der Waals surface area contributed by atoms with Crippen molar-refractivity contribution < 1.29 is 4.74 Å². The SMILES string of the molecule is CNC(COC(C)C)c1ccc(Cl)cc1. The van der Waals surface area contributed by atoms with Crippen LogP contribution in [0.3, 0.4) is 0 Å². The molecule has 0 saturated heterocycles. The minimum Gasteiger partial charge on any atom is -0.377 e. The molecule has 1 aromatic carbocycles. The summed E-state index contributed by atoms with van der Waals surface area (Å²) in [6.07, 6.45) is 0.258. The highest BCUT2D eigenvalue weighted by molar-refractivity contribution is 6.30. The van der Waals surface area contributed by atoms with E-state index in [2.05, 4.69) is 5.32 Å². The molecule has 1 N–H and O–H groups in total. The molecule has 1 aromatic rings. The topological polar surface area (TPSA) is 21.3 Å². The van der Waals surface area contributed by atoms with Crippen LogP contribution in [0.2, 0.25) is 5.02 Å². The van der Waals surface area contributed by atoms with Gasteiger partial charge < -0.3 is 10.1 Å². The second kappa shape index (κ2) is 6.11. The van der Waals surface area contributed by atoms with E-state index in [0.717, 1.165) is 5.02 Å². The van der Waals surface area contributed by atoms with E-state index in [1.807, 2.05) is 45.2 Å². The van der Waals surface area contributed by atoms with Gasteiger partial charge in [-0.2, -0.15) is 0 Å². The standard InChI is InChI=1S/C12H18ClNO/c1-9(2)15-8-12(14-3)10-4-6-11(13)7-5-10/h4-7,9,12,14H,8H2,1-3H3. The molecule has 0 fully saturated rings. The van der Waals surface area contributed by atoms with E-state index in [0.29, 0.717) is 6.61 Å². The van der Waals surface area contributed by atoms with Crippen LogP contribution in [0.5, 0.6) is 0 Å². The molecule has 0 amide bonds. The summed E-state index contributed by atoms with van der Waals surface area (Å²) in [6, 6.07) is 8.07. The maximum atomic E-state index is 5.84. The van der Waals surface area contributed by atoms with E-state index < -0.39 is 0 Å². The largest absolute Gasteiger partial charge is 0.377 e. The third-order valence-corrected chi connectivity index (χ3v) is 2.47. The van der Waals surface area contributed by atoms with Gasteiger partial charge in [0.1, 0.15) is 0 Å². The van der Waals surface area contributed by atoms with Crippen molar-refractivity contribution >= 4 is 11.6 Å². The van der Waals surface area contributed by atoms with Crippen molar-refractivity contribution in [2.75, 3.05) is 13.7 Å². The summed E-state index contributed by atoms with van der Waals surface area (Å²) < 4.78 is 5.58. The molecule has 0 aliphatic carbocycles. The first-order valence-corrected chi connectivity index (χ1v) is 5.55. The molecule has 0 aliphatic heterocycles. The van der Waals surface area contributed by atoms with Crippen LogP contribution >= 0.6 is 11.6 Å². The van der Waals surface area contributed by atoms with Gasteiger partial charge in [-0.1, -0.05) is 23.7 Å². The number of rotatable bonds is 5. The van der Waals surface area contributed by atoms with Crippen molar-refractivity contribution in [1.82, 2.24) is 5.32 Å². The lowest BCUT2D eigenvalue weighted by Crippen LogP contribution is -2.23. The molecule has 0 heterocycles. The molecule has 84 valence electrons. The Balaban J connectivity index is 2.61. The Morgan fingerprint density at radius 2 is 1.87 bits per heavy atom. The third kappa shape index (κ3) is 4.20. The van der Waals surface area contributed by atoms with Gasteiger partial charge >= 0.3 is 0 Å². The predicted octanol–water partition coefficient (Wildman–Crippen LogP) is 3.03. The van der Waals surface area contributed by atoms with E-state index in [4.69, 9.17) is 16.3 Å². The van der Waals surface area contributed by atoms with E-state index in [9.17, 15) is 0 Å². The molecule has 0 spiro atoms. The van der Waals surface area contributed by atoms with Gasteiger partial charge in [-0.15, -0.1) is 0 Å². The summed E-state index contributed by atoms with van der Waals surface area (Å²) in [7, 11) is 1.93. The molecule has 1 rings (SSSR count). The van der Waals surface area contributed by atoms with Crippen molar-refractivity contribution in [2.45, 2.75) is 26.0 Å². The molecule has 15 heavy (non-hydrogen) atoms. The molecule has 2 nitrogen and oxygen atoms in total. The number of nitrogens with one attached hydrogen (secondary N) is 1. The van der Waals surface area contributed by atoms with Crippen molar-refractivity contribution in [3.8, 4) is 0 Å². The predicted molar refractivity (Wildman–Crippen MR) is 64.3 cm³/mol. The van der Waals surface area contributed by atoms with Crippen LogP contribution in [0.25, 0.3) is 0 Å². The Labute approximate surface area is 96.6 Å². The van der Waals surface area contributed by atoms with Crippen molar-refractivity contribution in [1.29, 1.82) is 0 Å². The molecule has 0 aliphatic rings. The molecule has 0 aromatic heterocycles. The summed E-state index contributed by atoms with van der Waals surface area (Å²) in [5.41, 5.74) is 1.20. The van der Waals surface area contributed by atoms with Crippen LogP contribution in [0.4, 0.5) is 0 Å². The summed E-state index contributed by atoms with van der Waals surface area (Å²) >= 11 is 5.84. The first kappa shape index (κ1) is 12.5. The van der Waals surface area contributed by atoms with Crippen molar-refractivity contribution in [3.05, 3.63) is 34.9 Å². The number of benzene rings is 1. The Kier molecular flexibility index (Phi) is 5.09. The maximum absolute atomic E-state index is 5.84. The first-order valence-electron chi connectivity index (χ1n) is 5.18. The van der Waals surface area contributed by atoms with Crippen LogP contribution in [0, 0.1) is 0 Å². The minimum atomic E-state index is 0.227. The van der Waals surface area contributed by atoms with Gasteiger partial charge in [-0.05, 0) is 38.6 Å². The normalized spacial score (nSPS) is 13.1. The van der Waals surface area contributed by atoms with Crippen LogP contribution in [-0.4, -0.2) is 19.8 Å². The zero-order valence-corrected chi connectivity index (χ0v) is 10.2. The molecule has 0 bridgehead atoms. The number of likely N-dealkylation sites (N-methyl/N-ethyl adjacent to an activating group) is 1. The van der Waals surface area contributed by atoms with E-state index in [-0.39, 0.29) is 12.1 Å². The Morgan fingerprint density at radius 3 is 2.33 bits per heavy atom. The lowest BCUT2D eigenvalue weighted by molar-refractivity contribution is 0.0626. The lowest BCUT2D eigenvalue weighted by atomic mass is 10.1. The van der Waals surface area contributed by atoms with Gasteiger partial charge in [-0.25, -0.2) is 0 Å². The van der Waals surface area contributed by atoms with Gasteiger partial charge in [0.15, 0.2) is 0 Å². The number of halogens is 1. The average molecular weight is 228 g/mol. The van der Waals surface area contributed by atoms with Crippen molar-refractivity contribution in [2.24, 2.45) is 0 Å². The smallest absolute Gasteiger partial charge is 0.0664 e. The Hall–Kier alpha value is -0.570. The monoisotopic (exact) mass is 227 g/mol. The van der Waals surface area contributed by atoms with E-state index in [1.165, 1.54) is 5.56 Å². The molecule has 0 saturated carbocycles. The Morgan fingerprint density at radius 1 is 1.27 bits per heavy atom. The van der Waals surface area contributed by atoms with Gasteiger partial charge in [0, 0.05) is 5.02 Å². The van der Waals surface area contributed by atoms with Crippen LogP contribution < -0.4 is 5.32 Å².